The number of carbonyl (C=O) groups excluding carboxylic acids is 1. The summed E-state index contributed by atoms with van der Waals surface area (Å²) < 4.78 is 5.53. The van der Waals surface area contributed by atoms with Crippen LogP contribution in [0.15, 0.2) is 24.3 Å². The van der Waals surface area contributed by atoms with Crippen molar-refractivity contribution in [3.05, 3.63) is 29.8 Å². The van der Waals surface area contributed by atoms with Crippen LogP contribution in [0.5, 0.6) is 5.75 Å². The molecule has 0 fully saturated rings. The molecule has 2 atom stereocenters. The molecule has 0 aliphatic carbocycles. The van der Waals surface area contributed by atoms with Gasteiger partial charge in [-0.15, -0.1) is 0 Å². The number of rotatable bonds is 4. The molecule has 4 heteroatoms. The summed E-state index contributed by atoms with van der Waals surface area (Å²) in [6.07, 6.45) is 0. The summed E-state index contributed by atoms with van der Waals surface area (Å²) in [7, 11) is 0. The smallest absolute Gasteiger partial charge is 0.221 e. The molecule has 3 N–H and O–H groups in total. The molecule has 1 aliphatic rings. The van der Waals surface area contributed by atoms with E-state index in [2.05, 4.69) is 5.32 Å². The lowest BCUT2D eigenvalue weighted by Gasteiger charge is -2.14. The molecule has 1 amide bonds. The van der Waals surface area contributed by atoms with Gasteiger partial charge in [-0.2, -0.15) is 0 Å². The van der Waals surface area contributed by atoms with Crippen LogP contribution in [0, 0.1) is 5.92 Å². The van der Waals surface area contributed by atoms with E-state index in [0.29, 0.717) is 13.2 Å². The van der Waals surface area contributed by atoms with Gasteiger partial charge in [0.05, 0.1) is 6.04 Å². The Kier molecular flexibility index (Phi) is 3.10. The Labute approximate surface area is 94.8 Å². The van der Waals surface area contributed by atoms with E-state index in [1.807, 2.05) is 31.2 Å². The van der Waals surface area contributed by atoms with Crippen molar-refractivity contribution in [2.75, 3.05) is 13.2 Å². The largest absolute Gasteiger partial charge is 0.491 e. The van der Waals surface area contributed by atoms with E-state index in [-0.39, 0.29) is 17.9 Å². The zero-order valence-electron chi connectivity index (χ0n) is 9.27. The number of amides is 1. The molecule has 1 aromatic carbocycles. The van der Waals surface area contributed by atoms with Gasteiger partial charge in [-0.25, -0.2) is 0 Å². The van der Waals surface area contributed by atoms with Gasteiger partial charge < -0.3 is 15.8 Å². The molecular formula is C12H16N2O2. The van der Waals surface area contributed by atoms with Gasteiger partial charge >= 0.3 is 0 Å². The number of nitrogens with two attached hydrogens (primary N) is 1. The molecular weight excluding hydrogens is 204 g/mol. The van der Waals surface area contributed by atoms with Crippen LogP contribution in [0.25, 0.3) is 0 Å². The molecule has 4 nitrogen and oxygen atoms in total. The molecule has 0 saturated carbocycles. The van der Waals surface area contributed by atoms with Crippen LogP contribution in [0.1, 0.15) is 18.5 Å². The van der Waals surface area contributed by atoms with E-state index in [1.54, 1.807) is 0 Å². The highest BCUT2D eigenvalue weighted by atomic mass is 16.5. The molecule has 0 spiro atoms. The fraction of sp³-hybridized carbons (Fsp3) is 0.417. The number of fused-ring (bicyclic) bond motifs is 1. The lowest BCUT2D eigenvalue weighted by Crippen LogP contribution is -2.33. The van der Waals surface area contributed by atoms with Crippen molar-refractivity contribution in [1.29, 1.82) is 0 Å². The number of nitrogens with one attached hydrogen (secondary N) is 1. The van der Waals surface area contributed by atoms with Gasteiger partial charge in [0, 0.05) is 18.0 Å². The van der Waals surface area contributed by atoms with Crippen molar-refractivity contribution in [2.45, 2.75) is 13.0 Å². The van der Waals surface area contributed by atoms with Crippen molar-refractivity contribution in [2.24, 2.45) is 11.7 Å². The third kappa shape index (κ3) is 2.17. The molecule has 2 rings (SSSR count). The van der Waals surface area contributed by atoms with Gasteiger partial charge in [-0.1, -0.05) is 25.1 Å². The molecule has 2 unspecified atom stereocenters. The minimum atomic E-state index is -0.278. The summed E-state index contributed by atoms with van der Waals surface area (Å²) in [6, 6.07) is 8.09. The van der Waals surface area contributed by atoms with E-state index < -0.39 is 0 Å². The zero-order chi connectivity index (χ0) is 11.5. The fourth-order valence-corrected chi connectivity index (χ4v) is 1.75. The molecule has 86 valence electrons. The molecule has 0 saturated heterocycles. The summed E-state index contributed by atoms with van der Waals surface area (Å²) in [5.74, 6) is 0.485. The maximum absolute atomic E-state index is 10.9. The number of ether oxygens (including phenoxy) is 1. The number of hydrogen-bond acceptors (Lipinski definition) is 3. The summed E-state index contributed by atoms with van der Waals surface area (Å²) in [4.78, 5) is 10.9. The van der Waals surface area contributed by atoms with Gasteiger partial charge in [-0.05, 0) is 6.07 Å². The van der Waals surface area contributed by atoms with E-state index in [1.165, 1.54) is 0 Å². The summed E-state index contributed by atoms with van der Waals surface area (Å²) in [6.45, 7) is 3.01. The second-order valence-corrected chi connectivity index (χ2v) is 4.11. The van der Waals surface area contributed by atoms with Crippen LogP contribution in [-0.4, -0.2) is 19.1 Å². The summed E-state index contributed by atoms with van der Waals surface area (Å²) in [5.41, 5.74) is 6.36. The highest BCUT2D eigenvalue weighted by molar-refractivity contribution is 5.76. The van der Waals surface area contributed by atoms with Gasteiger partial charge in [0.25, 0.3) is 0 Å². The standard InChI is InChI=1S/C12H16N2O2/c1-8(12(13)15)6-14-10-7-16-11-5-3-2-4-9(10)11/h2-5,8,10,14H,6-7H2,1H3,(H2,13,15). The second kappa shape index (κ2) is 4.53. The highest BCUT2D eigenvalue weighted by Gasteiger charge is 2.23. The Morgan fingerprint density at radius 3 is 3.12 bits per heavy atom. The van der Waals surface area contributed by atoms with Crippen LogP contribution in [0.4, 0.5) is 0 Å². The average Bonchev–Trinajstić information content (AvgIpc) is 2.69. The van der Waals surface area contributed by atoms with E-state index in [0.717, 1.165) is 11.3 Å². The molecule has 1 aliphatic heterocycles. The first kappa shape index (κ1) is 11.0. The fourth-order valence-electron chi connectivity index (χ4n) is 1.75. The average molecular weight is 220 g/mol. The molecule has 16 heavy (non-hydrogen) atoms. The van der Waals surface area contributed by atoms with Crippen LogP contribution in [0.2, 0.25) is 0 Å². The van der Waals surface area contributed by atoms with Crippen molar-refractivity contribution < 1.29 is 9.53 Å². The lowest BCUT2D eigenvalue weighted by atomic mass is 10.1. The van der Waals surface area contributed by atoms with E-state index in [9.17, 15) is 4.79 Å². The SMILES string of the molecule is CC(CNC1COc2ccccc21)C(N)=O. The highest BCUT2D eigenvalue weighted by Crippen LogP contribution is 2.31. The van der Waals surface area contributed by atoms with Crippen molar-refractivity contribution in [3.8, 4) is 5.75 Å². The van der Waals surface area contributed by atoms with Gasteiger partial charge in [-0.3, -0.25) is 4.79 Å². The summed E-state index contributed by atoms with van der Waals surface area (Å²) in [5, 5.41) is 3.29. The number of carbonyl (C=O) groups is 1. The minimum absolute atomic E-state index is 0.159. The molecule has 0 aromatic heterocycles. The maximum atomic E-state index is 10.9. The number of hydrogen-bond donors (Lipinski definition) is 2. The third-order valence-electron chi connectivity index (χ3n) is 2.86. The van der Waals surface area contributed by atoms with Crippen molar-refractivity contribution >= 4 is 5.91 Å². The first-order valence-corrected chi connectivity index (χ1v) is 5.43. The van der Waals surface area contributed by atoms with Gasteiger partial charge in [0.1, 0.15) is 12.4 Å². The predicted molar refractivity (Wildman–Crippen MR) is 61.0 cm³/mol. The Hall–Kier alpha value is -1.55. The minimum Gasteiger partial charge on any atom is -0.491 e. The van der Waals surface area contributed by atoms with E-state index in [4.69, 9.17) is 10.5 Å². The number of primary amides is 1. The number of para-hydroxylation sites is 1. The van der Waals surface area contributed by atoms with Crippen LogP contribution in [-0.2, 0) is 4.79 Å². The Morgan fingerprint density at radius 2 is 2.38 bits per heavy atom. The lowest BCUT2D eigenvalue weighted by molar-refractivity contribution is -0.121. The van der Waals surface area contributed by atoms with Gasteiger partial charge in [0.15, 0.2) is 0 Å². The predicted octanol–water partition coefficient (Wildman–Crippen LogP) is 0.831. The molecule has 0 radical (unpaired) electrons. The Bertz CT molecular complexity index is 392. The molecule has 1 aromatic rings. The summed E-state index contributed by atoms with van der Waals surface area (Å²) >= 11 is 0. The van der Waals surface area contributed by atoms with Crippen LogP contribution >= 0.6 is 0 Å². The zero-order valence-corrected chi connectivity index (χ0v) is 9.27. The first-order valence-electron chi connectivity index (χ1n) is 5.43. The topological polar surface area (TPSA) is 64.3 Å². The van der Waals surface area contributed by atoms with Crippen LogP contribution < -0.4 is 15.8 Å². The first-order chi connectivity index (χ1) is 7.68. The maximum Gasteiger partial charge on any atom is 0.221 e. The second-order valence-electron chi connectivity index (χ2n) is 4.11. The Balaban J connectivity index is 1.96. The monoisotopic (exact) mass is 220 g/mol. The van der Waals surface area contributed by atoms with Crippen molar-refractivity contribution in [3.63, 3.8) is 0 Å². The van der Waals surface area contributed by atoms with E-state index >= 15 is 0 Å². The molecule has 0 bridgehead atoms. The number of benzene rings is 1. The van der Waals surface area contributed by atoms with Crippen LogP contribution in [0.3, 0.4) is 0 Å². The molecule has 1 heterocycles. The third-order valence-corrected chi connectivity index (χ3v) is 2.86. The van der Waals surface area contributed by atoms with Crippen molar-refractivity contribution in [1.82, 2.24) is 5.32 Å². The van der Waals surface area contributed by atoms with Gasteiger partial charge in [0.2, 0.25) is 5.91 Å². The Morgan fingerprint density at radius 1 is 1.62 bits per heavy atom. The quantitative estimate of drug-likeness (QED) is 0.790. The normalized spacial score (nSPS) is 19.9.